The van der Waals surface area contributed by atoms with Crippen LogP contribution in [0, 0.1) is 20.8 Å². The molecule has 0 aliphatic heterocycles. The predicted octanol–water partition coefficient (Wildman–Crippen LogP) is 2.47. The Labute approximate surface area is 107 Å². The lowest BCUT2D eigenvalue weighted by molar-refractivity contribution is 0.288. The van der Waals surface area contributed by atoms with Crippen molar-refractivity contribution in [3.05, 3.63) is 41.1 Å². The minimum atomic E-state index is 0.540. The van der Waals surface area contributed by atoms with Crippen LogP contribution in [0.2, 0.25) is 0 Å². The number of hydrogen-bond donors (Lipinski definition) is 1. The van der Waals surface area contributed by atoms with Gasteiger partial charge in [0.25, 0.3) is 0 Å². The van der Waals surface area contributed by atoms with E-state index in [1.807, 2.05) is 6.20 Å². The minimum absolute atomic E-state index is 0.540. The maximum atomic E-state index is 5.86. The number of ether oxygens (including phenoxy) is 1. The molecular weight excluding hydrogens is 226 g/mol. The van der Waals surface area contributed by atoms with Gasteiger partial charge < -0.3 is 10.5 Å². The maximum Gasteiger partial charge on any atom is 0.145 e. The lowest BCUT2D eigenvalue weighted by Gasteiger charge is -2.13. The quantitative estimate of drug-likeness (QED) is 0.900. The Balaban J connectivity index is 2.00. The highest BCUT2D eigenvalue weighted by Crippen LogP contribution is 2.25. The highest BCUT2D eigenvalue weighted by molar-refractivity contribution is 5.44. The Morgan fingerprint density at radius 3 is 2.56 bits per heavy atom. The second-order valence-corrected chi connectivity index (χ2v) is 4.51. The van der Waals surface area contributed by atoms with E-state index in [0.29, 0.717) is 19.0 Å². The summed E-state index contributed by atoms with van der Waals surface area (Å²) in [7, 11) is 0. The molecule has 2 rings (SSSR count). The monoisotopic (exact) mass is 245 g/mol. The topological polar surface area (TPSA) is 53.1 Å². The van der Waals surface area contributed by atoms with Gasteiger partial charge in [-0.3, -0.25) is 4.68 Å². The van der Waals surface area contributed by atoms with E-state index in [0.717, 1.165) is 11.3 Å². The molecule has 2 N–H and O–H groups in total. The Morgan fingerprint density at radius 1 is 1.17 bits per heavy atom. The first kappa shape index (κ1) is 12.5. The van der Waals surface area contributed by atoms with E-state index in [1.54, 1.807) is 10.7 Å². The van der Waals surface area contributed by atoms with Crippen molar-refractivity contribution in [2.45, 2.75) is 27.3 Å². The molecule has 0 atom stereocenters. The van der Waals surface area contributed by atoms with Gasteiger partial charge >= 0.3 is 0 Å². The van der Waals surface area contributed by atoms with E-state index in [1.165, 1.54) is 11.1 Å². The average molecular weight is 245 g/mol. The summed E-state index contributed by atoms with van der Waals surface area (Å²) >= 11 is 0. The van der Waals surface area contributed by atoms with Gasteiger partial charge in [0.05, 0.1) is 6.54 Å². The third-order valence-electron chi connectivity index (χ3n) is 3.10. The van der Waals surface area contributed by atoms with E-state index in [-0.39, 0.29) is 0 Å². The summed E-state index contributed by atoms with van der Waals surface area (Å²) in [5.41, 5.74) is 9.17. The van der Waals surface area contributed by atoms with Gasteiger partial charge in [-0.15, -0.1) is 0 Å². The number of nitrogens with zero attached hydrogens (tertiary/aromatic N) is 2. The van der Waals surface area contributed by atoms with Crippen molar-refractivity contribution in [1.82, 2.24) is 9.78 Å². The van der Waals surface area contributed by atoms with Gasteiger partial charge in [0.15, 0.2) is 0 Å². The molecule has 0 amide bonds. The smallest absolute Gasteiger partial charge is 0.145 e. The molecule has 18 heavy (non-hydrogen) atoms. The van der Waals surface area contributed by atoms with Crippen molar-refractivity contribution in [2.75, 3.05) is 12.3 Å². The van der Waals surface area contributed by atoms with Crippen LogP contribution in [0.15, 0.2) is 24.4 Å². The molecule has 1 aromatic carbocycles. The van der Waals surface area contributed by atoms with Gasteiger partial charge in [-0.1, -0.05) is 12.1 Å². The molecule has 96 valence electrons. The molecule has 0 unspecified atom stereocenters. The molecule has 0 spiro atoms. The number of rotatable bonds is 4. The lowest BCUT2D eigenvalue weighted by Crippen LogP contribution is -2.10. The molecule has 0 radical (unpaired) electrons. The van der Waals surface area contributed by atoms with Crippen LogP contribution in [0.25, 0.3) is 0 Å². The molecule has 4 heteroatoms. The highest BCUT2D eigenvalue weighted by atomic mass is 16.5. The number of hydrogen-bond acceptors (Lipinski definition) is 3. The summed E-state index contributed by atoms with van der Waals surface area (Å²) in [4.78, 5) is 0. The van der Waals surface area contributed by atoms with Crippen LogP contribution in [-0.4, -0.2) is 16.4 Å². The number of anilines is 1. The molecule has 0 bridgehead atoms. The third kappa shape index (κ3) is 2.64. The van der Waals surface area contributed by atoms with Gasteiger partial charge in [0.2, 0.25) is 0 Å². The average Bonchev–Trinajstić information content (AvgIpc) is 2.74. The van der Waals surface area contributed by atoms with E-state index < -0.39 is 0 Å². The third-order valence-corrected chi connectivity index (χ3v) is 3.10. The maximum absolute atomic E-state index is 5.86. The summed E-state index contributed by atoms with van der Waals surface area (Å²) < 4.78 is 7.65. The van der Waals surface area contributed by atoms with E-state index in [9.17, 15) is 0 Å². The van der Waals surface area contributed by atoms with Crippen molar-refractivity contribution >= 4 is 5.82 Å². The first-order chi connectivity index (χ1) is 8.58. The summed E-state index contributed by atoms with van der Waals surface area (Å²) in [6.07, 6.45) is 1.86. The van der Waals surface area contributed by atoms with Crippen LogP contribution in [-0.2, 0) is 6.54 Å². The van der Waals surface area contributed by atoms with Gasteiger partial charge in [0, 0.05) is 6.20 Å². The lowest BCUT2D eigenvalue weighted by atomic mass is 10.1. The van der Waals surface area contributed by atoms with Crippen LogP contribution in [0.1, 0.15) is 16.7 Å². The fourth-order valence-electron chi connectivity index (χ4n) is 1.89. The minimum Gasteiger partial charge on any atom is -0.491 e. The fourth-order valence-corrected chi connectivity index (χ4v) is 1.89. The molecular formula is C14H19N3O. The number of benzene rings is 1. The zero-order chi connectivity index (χ0) is 13.1. The number of nitrogens with two attached hydrogens (primary N) is 1. The van der Waals surface area contributed by atoms with Gasteiger partial charge in [-0.2, -0.15) is 5.10 Å². The second kappa shape index (κ2) is 5.12. The van der Waals surface area contributed by atoms with Crippen LogP contribution in [0.5, 0.6) is 5.75 Å². The SMILES string of the molecule is Cc1ccc(C)c(OCCn2ccc(N)n2)c1C. The van der Waals surface area contributed by atoms with E-state index >= 15 is 0 Å². The van der Waals surface area contributed by atoms with Crippen LogP contribution >= 0.6 is 0 Å². The zero-order valence-electron chi connectivity index (χ0n) is 11.1. The summed E-state index contributed by atoms with van der Waals surface area (Å²) in [5.74, 6) is 1.52. The molecule has 4 nitrogen and oxygen atoms in total. The largest absolute Gasteiger partial charge is 0.491 e. The number of aromatic nitrogens is 2. The molecule has 1 heterocycles. The van der Waals surface area contributed by atoms with Gasteiger partial charge in [-0.05, 0) is 43.5 Å². The summed E-state index contributed by atoms with van der Waals surface area (Å²) in [5, 5.41) is 4.12. The molecule has 0 saturated carbocycles. The zero-order valence-corrected chi connectivity index (χ0v) is 11.1. The van der Waals surface area contributed by atoms with Crippen molar-refractivity contribution in [3.8, 4) is 5.75 Å². The molecule has 0 aliphatic rings. The fraction of sp³-hybridized carbons (Fsp3) is 0.357. The summed E-state index contributed by atoms with van der Waals surface area (Å²) in [6.45, 7) is 7.53. The Hall–Kier alpha value is -1.97. The Kier molecular flexibility index (Phi) is 3.55. The standard InChI is InChI=1S/C14H19N3O/c1-10-4-5-11(2)14(12(10)3)18-9-8-17-7-6-13(15)16-17/h4-7H,8-9H2,1-3H3,(H2,15,16). The first-order valence-corrected chi connectivity index (χ1v) is 6.06. The second-order valence-electron chi connectivity index (χ2n) is 4.51. The summed E-state index contributed by atoms with van der Waals surface area (Å²) in [6, 6.07) is 5.98. The van der Waals surface area contributed by atoms with Crippen molar-refractivity contribution in [3.63, 3.8) is 0 Å². The van der Waals surface area contributed by atoms with Gasteiger partial charge in [0.1, 0.15) is 18.2 Å². The molecule has 0 aliphatic carbocycles. The first-order valence-electron chi connectivity index (χ1n) is 6.06. The Morgan fingerprint density at radius 2 is 1.89 bits per heavy atom. The van der Waals surface area contributed by atoms with Crippen molar-refractivity contribution in [2.24, 2.45) is 0 Å². The highest BCUT2D eigenvalue weighted by Gasteiger charge is 2.06. The normalized spacial score (nSPS) is 10.6. The van der Waals surface area contributed by atoms with Crippen molar-refractivity contribution < 1.29 is 4.74 Å². The van der Waals surface area contributed by atoms with E-state index in [4.69, 9.17) is 10.5 Å². The molecule has 0 saturated heterocycles. The van der Waals surface area contributed by atoms with Gasteiger partial charge in [-0.25, -0.2) is 0 Å². The molecule has 2 aromatic rings. The number of nitrogen functional groups attached to an aromatic ring is 1. The van der Waals surface area contributed by atoms with Crippen LogP contribution in [0.3, 0.4) is 0 Å². The predicted molar refractivity (Wildman–Crippen MR) is 72.8 cm³/mol. The van der Waals surface area contributed by atoms with E-state index in [2.05, 4.69) is 38.0 Å². The molecule has 1 aromatic heterocycles. The van der Waals surface area contributed by atoms with Crippen molar-refractivity contribution in [1.29, 1.82) is 0 Å². The number of aryl methyl sites for hydroxylation is 2. The van der Waals surface area contributed by atoms with Crippen LogP contribution < -0.4 is 10.5 Å². The molecule has 0 fully saturated rings. The Bertz CT molecular complexity index is 546. The van der Waals surface area contributed by atoms with Crippen LogP contribution in [0.4, 0.5) is 5.82 Å².